The van der Waals surface area contributed by atoms with Crippen LogP contribution in [-0.4, -0.2) is 194 Å². The largest absolute Gasteiger partial charge is 0.548 e. The van der Waals surface area contributed by atoms with Gasteiger partial charge in [0.05, 0.1) is 73.4 Å². The number of non-ortho nitro benzene ring substituents is 1. The highest BCUT2D eigenvalue weighted by Crippen LogP contribution is 2.46. The number of fused-ring (bicyclic) bond motifs is 5. The van der Waals surface area contributed by atoms with Gasteiger partial charge in [-0.25, -0.2) is 22.2 Å². The number of aliphatic hydroxyl groups is 3. The number of aliphatic carboxylic acids is 4. The number of carbonyl (C=O) groups is 10. The van der Waals surface area contributed by atoms with Crippen molar-refractivity contribution in [1.82, 2.24) is 26.3 Å². The van der Waals surface area contributed by atoms with Crippen LogP contribution in [0.2, 0.25) is 0 Å². The summed E-state index contributed by atoms with van der Waals surface area (Å²) < 4.78 is 85.1. The number of anilines is 3. The number of aromatic nitrogens is 2. The lowest BCUT2D eigenvalue weighted by atomic mass is 9.93. The van der Waals surface area contributed by atoms with E-state index >= 15 is 0 Å². The molecule has 4 aliphatic rings. The molecule has 41 heteroatoms. The lowest BCUT2D eigenvalue weighted by Crippen LogP contribution is -2.47. The highest BCUT2D eigenvalue weighted by molar-refractivity contribution is 6.05. The first-order valence-corrected chi connectivity index (χ1v) is 31.9. The smallest absolute Gasteiger partial charge is 0.323 e. The van der Waals surface area contributed by atoms with Gasteiger partial charge in [-0.15, -0.1) is 0 Å². The van der Waals surface area contributed by atoms with Crippen molar-refractivity contribution in [2.24, 2.45) is 0 Å². The van der Waals surface area contributed by atoms with E-state index in [1.54, 1.807) is 0 Å². The molecule has 598 valence electrons. The van der Waals surface area contributed by atoms with Crippen LogP contribution >= 0.6 is 0 Å². The average molecular weight is 1580 g/mol. The van der Waals surface area contributed by atoms with Gasteiger partial charge in [0.1, 0.15) is 65.4 Å². The third-order valence-electron chi connectivity index (χ3n) is 15.9. The van der Waals surface area contributed by atoms with Crippen LogP contribution in [0.5, 0.6) is 23.0 Å². The van der Waals surface area contributed by atoms with Gasteiger partial charge in [0.2, 0.25) is 22.3 Å². The van der Waals surface area contributed by atoms with Gasteiger partial charge in [-0.3, -0.25) is 58.1 Å². The molecule has 2 aliphatic heterocycles. The number of hydrogen-bond acceptors (Lipinski definition) is 31. The molecule has 0 spiro atoms. The monoisotopic (exact) mass is 1580 g/mol. The van der Waals surface area contributed by atoms with Gasteiger partial charge in [0, 0.05) is 63.4 Å². The maximum atomic E-state index is 14.6. The number of Topliss-reactive ketones (excluding diaryl/α,β-unsaturated/α-hetero) is 3. The van der Waals surface area contributed by atoms with E-state index in [2.05, 4.69) is 36.2 Å². The second-order valence-corrected chi connectivity index (χ2v) is 23.7. The zero-order valence-electron chi connectivity index (χ0n) is 57.5. The van der Waals surface area contributed by atoms with Gasteiger partial charge >= 0.3 is 17.6 Å². The van der Waals surface area contributed by atoms with Crippen molar-refractivity contribution in [3.63, 3.8) is 0 Å². The number of nitrogens with zero attached hydrogens (tertiary/aromatic N) is 5. The van der Waals surface area contributed by atoms with E-state index in [4.69, 9.17) is 23.4 Å². The zero-order chi connectivity index (χ0) is 81.6. The number of phenols is 2. The third kappa shape index (κ3) is 21.6. The summed E-state index contributed by atoms with van der Waals surface area (Å²) >= 11 is 0. The van der Waals surface area contributed by atoms with E-state index in [-0.39, 0.29) is 127 Å². The molecule has 37 nitrogen and oxygen atoms in total. The molecule has 1 aromatic heterocycles. The Morgan fingerprint density at radius 1 is 0.540 bits per heavy atom. The summed E-state index contributed by atoms with van der Waals surface area (Å²) in [6.45, 7) is -3.99. The fourth-order valence-electron chi connectivity index (χ4n) is 10.7. The van der Waals surface area contributed by atoms with Crippen LogP contribution in [0.3, 0.4) is 0 Å². The summed E-state index contributed by atoms with van der Waals surface area (Å²) in [7, 11) is 0. The molecule has 3 heterocycles. The number of benzene rings is 7. The molecular formula is C72H67F4N9O28-2. The number of aliphatic hydroxyl groups excluding tert-OH is 3. The second-order valence-electron chi connectivity index (χ2n) is 23.7. The van der Waals surface area contributed by atoms with Crippen LogP contribution in [0, 0.1) is 33.4 Å². The third-order valence-corrected chi connectivity index (χ3v) is 15.9. The normalized spacial score (nSPS) is 11.6. The lowest BCUT2D eigenvalue weighted by Gasteiger charge is -2.28. The maximum absolute atomic E-state index is 14.6. The number of ketones is 3. The molecule has 11 N–H and O–H groups in total. The van der Waals surface area contributed by atoms with E-state index in [1.807, 2.05) is 0 Å². The van der Waals surface area contributed by atoms with Gasteiger partial charge in [-0.2, -0.15) is 0 Å². The molecule has 2 aliphatic carbocycles. The van der Waals surface area contributed by atoms with Crippen LogP contribution in [0.4, 0.5) is 40.3 Å². The molecule has 6 aromatic rings. The summed E-state index contributed by atoms with van der Waals surface area (Å²) in [6, 6.07) is 14.0. The number of nitrogens with one attached hydrogen (secondary N) is 4. The van der Waals surface area contributed by atoms with Gasteiger partial charge in [0.15, 0.2) is 70.8 Å². The molecule has 3 unspecified atom stereocenters. The molecule has 0 saturated carbocycles. The average Bonchev–Trinajstić information content (AvgIpc) is 1.38. The molecule has 0 bridgehead atoms. The summed E-state index contributed by atoms with van der Waals surface area (Å²) in [5.74, 6) is -17.0. The topological polar surface area (TPSA) is 574 Å². The Morgan fingerprint density at radius 2 is 0.956 bits per heavy atom. The summed E-state index contributed by atoms with van der Waals surface area (Å²) in [4.78, 5) is 153. The Balaban J connectivity index is 0.000000283. The molecule has 0 fully saturated rings. The molecule has 10 rings (SSSR count). The number of nitro groups is 1. The molecule has 5 aromatic carbocycles. The number of phenolic OH excluding ortho intramolecular Hbond substituents is 2. The van der Waals surface area contributed by atoms with Gasteiger partial charge in [-0.1, -0.05) is 27.0 Å². The lowest BCUT2D eigenvalue weighted by molar-refractivity contribution is -0.383. The number of carbonyl (C=O) groups excluding carboxylic acids is 8. The fraction of sp³-hybridized carbons (Fsp3) is 0.250. The minimum atomic E-state index is -1.67. The Labute approximate surface area is 631 Å². The Hall–Kier alpha value is -14.2. The van der Waals surface area contributed by atoms with Crippen molar-refractivity contribution in [2.45, 2.75) is 53.8 Å². The number of aromatic hydroxyl groups is 2. The van der Waals surface area contributed by atoms with E-state index in [0.29, 0.717) is 5.69 Å². The quantitative estimate of drug-likeness (QED) is 0.0128. The van der Waals surface area contributed by atoms with Crippen molar-refractivity contribution in [3.8, 4) is 67.9 Å². The fourth-order valence-corrected chi connectivity index (χ4v) is 10.7. The Morgan fingerprint density at radius 3 is 1.36 bits per heavy atom. The summed E-state index contributed by atoms with van der Waals surface area (Å²) in [6.07, 6.45) is 0. The molecule has 0 radical (unpaired) electrons. The van der Waals surface area contributed by atoms with Crippen LogP contribution in [0.15, 0.2) is 120 Å². The van der Waals surface area contributed by atoms with Crippen LogP contribution < -0.4 is 61.6 Å². The number of ether oxygens (including phenoxy) is 2. The highest BCUT2D eigenvalue weighted by atomic mass is 19.1. The van der Waals surface area contributed by atoms with E-state index < -0.39 is 188 Å². The number of amides is 3. The van der Waals surface area contributed by atoms with Crippen molar-refractivity contribution in [3.05, 3.63) is 151 Å². The van der Waals surface area contributed by atoms with Crippen LogP contribution in [-0.2, 0) is 47.9 Å². The molecule has 3 amide bonds. The summed E-state index contributed by atoms with van der Waals surface area (Å²) in [5, 5.41) is 116. The predicted molar refractivity (Wildman–Crippen MR) is 382 cm³/mol. The Bertz CT molecular complexity index is 5370. The van der Waals surface area contributed by atoms with E-state index in [1.165, 1.54) is 55.5 Å². The number of rotatable bonds is 31. The molecule has 0 saturated heterocycles. The van der Waals surface area contributed by atoms with E-state index in [0.717, 1.165) is 72.2 Å². The van der Waals surface area contributed by atoms with E-state index in [9.17, 15) is 126 Å². The SMILES string of the molecule is C.C.CC(=O)C(CO)NC(=O)CNC(=O)COc1cc(-c2c3cc(F)c(=O)cc-3oc3cc(O)c(F)cc23)ccc1N(CC(=O)O)CC(=O)O.CC(=O)C(CO)NC(=O)COc1cc(-c2c3cc(F)c(=O)cc-3oc3cc(O)c(F)cc23)ccc1N(CC(=O)[O-])CC(=O)[O-].CC(=O)C(CO)Nc1ccc([N+](=O)[O-])c2nonc12. The standard InChI is InChI=1S/C31H27F2N3O12.C29H24F2N2O11.C10H10N4O5.2CH4/c1-14(38)20(12-37)35-27(41)9-34-28(42)13-47-26-4-15(2-3-21(26)36(10-29(43)44)11-30(45)46)31-16-5-18(32)22(39)7-24(16)48-25-8-23(40)19(33)6-17(25)31;1-13(35)19(11-34)32-26(38)12-43-25-4-14(2-3-20(25)33(9-27(39)40)10-28(41)42)29-15-5-17(30)21(36)7-23(15)44-24-8-22(37)18(31)6-16(24)29;1-5(16)7(4-15)11-6-2-3-8(14(17)18)10-9(6)12-19-13-10;;/h2-8,20,37,39H,9-13H2,1H3,(H,34,42)(H,35,41)(H,43,44)(H,45,46);2-8,19,34,36H,9-12H2,1H3,(H,32,38)(H,39,40)(H,41,42);2-3,7,11,15H,4H2,1H3;2*1H4/p-2. The number of nitro benzene ring substituents is 1. The van der Waals surface area contributed by atoms with Crippen LogP contribution in [0.25, 0.3) is 77.9 Å². The highest BCUT2D eigenvalue weighted by Gasteiger charge is 2.29. The molecular weight excluding hydrogens is 1510 g/mol. The number of carboxylic acids is 4. The molecule has 3 atom stereocenters. The van der Waals surface area contributed by atoms with Gasteiger partial charge in [-0.05, 0) is 96.8 Å². The number of carboxylic acid groups (broad SMARTS) is 4. The van der Waals surface area contributed by atoms with Crippen molar-refractivity contribution in [1.29, 1.82) is 0 Å². The van der Waals surface area contributed by atoms with Gasteiger partial charge in [0.25, 0.3) is 11.8 Å². The van der Waals surface area contributed by atoms with Gasteiger partial charge < -0.3 is 105 Å². The maximum Gasteiger partial charge on any atom is 0.323 e. The zero-order valence-corrected chi connectivity index (χ0v) is 57.5. The summed E-state index contributed by atoms with van der Waals surface area (Å²) in [5.41, 5.74) is -2.05. The minimum Gasteiger partial charge on any atom is -0.548 e. The molecule has 113 heavy (non-hydrogen) atoms. The first-order chi connectivity index (χ1) is 52.5. The minimum absolute atomic E-state index is 0. The Kier molecular flexibility index (Phi) is 29.7. The predicted octanol–water partition coefficient (Wildman–Crippen LogP) is 2.15. The van der Waals surface area contributed by atoms with Crippen molar-refractivity contribution in [2.75, 3.05) is 80.9 Å². The number of halogens is 4. The second kappa shape index (κ2) is 38.2. The number of hydrogen-bond donors (Lipinski definition) is 11. The first-order valence-electron chi connectivity index (χ1n) is 31.9. The van der Waals surface area contributed by atoms with Crippen molar-refractivity contribution < 1.29 is 139 Å². The van der Waals surface area contributed by atoms with Crippen LogP contribution in [0.1, 0.15) is 35.6 Å². The first kappa shape index (κ1) is 87.7. The van der Waals surface area contributed by atoms with Crippen molar-refractivity contribution >= 4 is 115 Å².